The van der Waals surface area contributed by atoms with Gasteiger partial charge in [0.25, 0.3) is 0 Å². The molecular formula is C24H25N3O2S. The Labute approximate surface area is 179 Å². The molecule has 6 heteroatoms. The van der Waals surface area contributed by atoms with E-state index in [9.17, 15) is 4.79 Å². The number of carbonyl (C=O) groups excluding carboxylic acids is 1. The molecule has 154 valence electrons. The van der Waals surface area contributed by atoms with Crippen LogP contribution in [0.5, 0.6) is 5.75 Å². The van der Waals surface area contributed by atoms with E-state index in [1.54, 1.807) is 18.4 Å². The summed E-state index contributed by atoms with van der Waals surface area (Å²) >= 11 is 1.66. The van der Waals surface area contributed by atoms with Crippen LogP contribution in [0, 0.1) is 0 Å². The van der Waals surface area contributed by atoms with E-state index in [1.807, 2.05) is 30.6 Å². The molecule has 0 bridgehead atoms. The number of hydrogen-bond acceptors (Lipinski definition) is 3. The molecule has 1 amide bonds. The molecule has 2 atom stereocenters. The van der Waals surface area contributed by atoms with Crippen LogP contribution in [0.4, 0.5) is 0 Å². The number of fused-ring (bicyclic) bond motifs is 3. The molecule has 1 aliphatic carbocycles. The number of aryl methyl sites for hydroxylation is 1. The van der Waals surface area contributed by atoms with Crippen LogP contribution in [0.2, 0.25) is 0 Å². The molecule has 2 N–H and O–H groups in total. The lowest BCUT2D eigenvalue weighted by molar-refractivity contribution is -0.122. The first-order chi connectivity index (χ1) is 14.7. The summed E-state index contributed by atoms with van der Waals surface area (Å²) in [6, 6.07) is 12.3. The van der Waals surface area contributed by atoms with Crippen LogP contribution in [0.3, 0.4) is 0 Å². The maximum absolute atomic E-state index is 13.1. The average Bonchev–Trinajstić information content (AvgIpc) is 3.53. The number of carbonyl (C=O) groups is 1. The zero-order valence-corrected chi connectivity index (χ0v) is 17.7. The topological polar surface area (TPSA) is 59.0 Å². The van der Waals surface area contributed by atoms with Crippen molar-refractivity contribution in [3.8, 4) is 5.75 Å². The highest BCUT2D eigenvalue weighted by Gasteiger charge is 2.27. The molecule has 4 aromatic rings. The van der Waals surface area contributed by atoms with E-state index in [4.69, 9.17) is 4.74 Å². The van der Waals surface area contributed by atoms with Gasteiger partial charge in [0, 0.05) is 29.0 Å². The van der Waals surface area contributed by atoms with Gasteiger partial charge in [-0.2, -0.15) is 11.3 Å². The Morgan fingerprint density at radius 3 is 2.97 bits per heavy atom. The van der Waals surface area contributed by atoms with E-state index in [0.29, 0.717) is 6.42 Å². The lowest BCUT2D eigenvalue weighted by atomic mass is 9.91. The van der Waals surface area contributed by atoms with Gasteiger partial charge in [-0.25, -0.2) is 0 Å². The molecule has 3 aromatic heterocycles. The van der Waals surface area contributed by atoms with Crippen LogP contribution in [-0.4, -0.2) is 22.6 Å². The summed E-state index contributed by atoms with van der Waals surface area (Å²) in [7, 11) is 1.69. The summed E-state index contributed by atoms with van der Waals surface area (Å²) in [6.45, 7) is 0. The largest absolute Gasteiger partial charge is 0.497 e. The molecule has 0 radical (unpaired) electrons. The third-order valence-electron chi connectivity index (χ3n) is 6.04. The fourth-order valence-corrected chi connectivity index (χ4v) is 5.26. The summed E-state index contributed by atoms with van der Waals surface area (Å²) in [5.74, 6) is 0.940. The van der Waals surface area contributed by atoms with Crippen molar-refractivity contribution in [1.82, 2.24) is 14.9 Å². The Balaban J connectivity index is 1.38. The van der Waals surface area contributed by atoms with Gasteiger partial charge in [0.2, 0.25) is 5.91 Å². The number of thiophene rings is 1. The second-order valence-corrected chi connectivity index (χ2v) is 8.63. The molecule has 0 saturated heterocycles. The Morgan fingerprint density at radius 1 is 1.33 bits per heavy atom. The predicted octanol–water partition coefficient (Wildman–Crippen LogP) is 5.21. The molecule has 5 rings (SSSR count). The van der Waals surface area contributed by atoms with Gasteiger partial charge in [-0.3, -0.25) is 4.79 Å². The highest BCUT2D eigenvalue weighted by atomic mass is 32.1. The van der Waals surface area contributed by atoms with Crippen LogP contribution >= 0.6 is 11.3 Å². The number of H-pyrrole nitrogens is 1. The van der Waals surface area contributed by atoms with Crippen LogP contribution in [-0.2, 0) is 11.2 Å². The van der Waals surface area contributed by atoms with Gasteiger partial charge in [0.1, 0.15) is 5.75 Å². The van der Waals surface area contributed by atoms with Crippen molar-refractivity contribution in [2.24, 2.45) is 0 Å². The Morgan fingerprint density at radius 2 is 2.20 bits per heavy atom. The molecule has 0 spiro atoms. The van der Waals surface area contributed by atoms with Crippen LogP contribution in [0.15, 0.2) is 59.6 Å². The first-order valence-corrected chi connectivity index (χ1v) is 11.3. The molecule has 0 fully saturated rings. The van der Waals surface area contributed by atoms with E-state index >= 15 is 0 Å². The summed E-state index contributed by atoms with van der Waals surface area (Å²) < 4.78 is 7.52. The summed E-state index contributed by atoms with van der Waals surface area (Å²) in [5, 5.41) is 8.70. The third-order valence-corrected chi connectivity index (χ3v) is 6.75. The third kappa shape index (κ3) is 3.52. The zero-order valence-electron chi connectivity index (χ0n) is 16.9. The number of nitrogens with zero attached hydrogens (tertiary/aromatic N) is 1. The maximum Gasteiger partial charge on any atom is 0.222 e. The average molecular weight is 420 g/mol. The first kappa shape index (κ1) is 19.0. The van der Waals surface area contributed by atoms with Gasteiger partial charge in [-0.15, -0.1) is 0 Å². The van der Waals surface area contributed by atoms with E-state index in [1.165, 1.54) is 16.5 Å². The van der Waals surface area contributed by atoms with Gasteiger partial charge in [-0.05, 0) is 77.5 Å². The molecule has 5 nitrogen and oxygen atoms in total. The second-order valence-electron chi connectivity index (χ2n) is 7.85. The minimum absolute atomic E-state index is 0.0151. The fourth-order valence-electron chi connectivity index (χ4n) is 4.56. The molecule has 1 aromatic carbocycles. The molecule has 0 unspecified atom stereocenters. The van der Waals surface area contributed by atoms with Crippen LogP contribution < -0.4 is 10.1 Å². The number of hydrogen-bond donors (Lipinski definition) is 2. The summed E-state index contributed by atoms with van der Waals surface area (Å²) in [5.41, 5.74) is 4.73. The number of nitrogens with one attached hydrogen (secondary N) is 2. The number of methoxy groups -OCH3 is 1. The van der Waals surface area contributed by atoms with Gasteiger partial charge >= 0.3 is 0 Å². The summed E-state index contributed by atoms with van der Waals surface area (Å²) in [4.78, 5) is 16.6. The molecule has 3 heterocycles. The zero-order chi connectivity index (χ0) is 20.5. The molecule has 0 saturated carbocycles. The monoisotopic (exact) mass is 419 g/mol. The lowest BCUT2D eigenvalue weighted by Gasteiger charge is -2.25. The first-order valence-electron chi connectivity index (χ1n) is 10.4. The second kappa shape index (κ2) is 8.03. The van der Waals surface area contributed by atoms with Crippen molar-refractivity contribution in [2.75, 3.05) is 7.11 Å². The van der Waals surface area contributed by atoms with E-state index in [0.717, 1.165) is 36.2 Å². The van der Waals surface area contributed by atoms with Crippen molar-refractivity contribution < 1.29 is 9.53 Å². The normalized spacial score (nSPS) is 16.9. The van der Waals surface area contributed by atoms with Crippen molar-refractivity contribution in [3.05, 3.63) is 76.4 Å². The maximum atomic E-state index is 13.1. The molecule has 0 aliphatic heterocycles. The van der Waals surface area contributed by atoms with Gasteiger partial charge in [0.05, 0.1) is 25.6 Å². The van der Waals surface area contributed by atoms with Gasteiger partial charge in [-0.1, -0.05) is 0 Å². The standard InChI is InChI=1S/C24H25N3O2S/c1-29-17-7-8-20-19(13-17)18-5-4-6-21(24(18)26-20)25-23(28)14-22(16-9-12-30-15-16)27-10-2-3-11-27/h2-3,7-13,15,21-22,26H,4-6,14H2,1H3,(H,25,28)/t21-,22-/m1/s1. The minimum Gasteiger partial charge on any atom is -0.497 e. The van der Waals surface area contributed by atoms with Crippen molar-refractivity contribution in [1.29, 1.82) is 0 Å². The van der Waals surface area contributed by atoms with E-state index in [-0.39, 0.29) is 18.0 Å². The number of rotatable bonds is 6. The number of amides is 1. The smallest absolute Gasteiger partial charge is 0.222 e. The Hall–Kier alpha value is -2.99. The van der Waals surface area contributed by atoms with Crippen LogP contribution in [0.25, 0.3) is 10.9 Å². The predicted molar refractivity (Wildman–Crippen MR) is 120 cm³/mol. The number of aromatic nitrogens is 2. The highest BCUT2D eigenvalue weighted by molar-refractivity contribution is 7.08. The van der Waals surface area contributed by atoms with Crippen LogP contribution in [0.1, 0.15) is 48.2 Å². The highest BCUT2D eigenvalue weighted by Crippen LogP contribution is 2.36. The quantitative estimate of drug-likeness (QED) is 0.451. The van der Waals surface area contributed by atoms with Gasteiger partial charge < -0.3 is 19.6 Å². The van der Waals surface area contributed by atoms with E-state index < -0.39 is 0 Å². The van der Waals surface area contributed by atoms with Crippen molar-refractivity contribution >= 4 is 28.1 Å². The lowest BCUT2D eigenvalue weighted by Crippen LogP contribution is -2.32. The van der Waals surface area contributed by atoms with Gasteiger partial charge in [0.15, 0.2) is 0 Å². The Kier molecular flexibility index (Phi) is 5.09. The minimum atomic E-state index is 0.0151. The number of ether oxygens (including phenoxy) is 1. The Bertz CT molecular complexity index is 1110. The summed E-state index contributed by atoms with van der Waals surface area (Å²) in [6.07, 6.45) is 7.52. The van der Waals surface area contributed by atoms with E-state index in [2.05, 4.69) is 43.8 Å². The SMILES string of the molecule is COc1ccc2[nH]c3c(c2c1)CCC[C@H]3NC(=O)C[C@H](c1ccsc1)n1cccc1. The van der Waals surface area contributed by atoms with Crippen molar-refractivity contribution in [2.45, 2.75) is 37.8 Å². The van der Waals surface area contributed by atoms with Crippen molar-refractivity contribution in [3.63, 3.8) is 0 Å². The fraction of sp³-hybridized carbons (Fsp3) is 0.292. The molecule has 1 aliphatic rings. The number of benzene rings is 1. The molecular weight excluding hydrogens is 394 g/mol. The molecule has 30 heavy (non-hydrogen) atoms. The number of aromatic amines is 1.